The Morgan fingerprint density at radius 2 is 1.27 bits per heavy atom. The lowest BCUT2D eigenvalue weighted by Gasteiger charge is -2.54. The molecule has 0 aromatic rings. The molecule has 2 rings (SSSR count). The van der Waals surface area contributed by atoms with Crippen molar-refractivity contribution in [3.8, 4) is 0 Å². The molecule has 0 amide bonds. The normalized spacial score (nSPS) is 31.4. The molecule has 1 aliphatic carbocycles. The fourth-order valence-electron chi connectivity index (χ4n) is 3.80. The molecular weight excluding hydrogens is 182 g/mol. The monoisotopic (exact) mass is 209 g/mol. The molecule has 1 spiro atoms. The molecule has 1 heterocycles. The Bertz CT molecular complexity index is 211. The van der Waals surface area contributed by atoms with Crippen LogP contribution < -0.4 is 0 Å². The molecule has 1 heteroatoms. The van der Waals surface area contributed by atoms with E-state index in [9.17, 15) is 0 Å². The van der Waals surface area contributed by atoms with E-state index in [0.717, 1.165) is 0 Å². The summed E-state index contributed by atoms with van der Waals surface area (Å²) < 4.78 is 0. The van der Waals surface area contributed by atoms with Gasteiger partial charge in [0.1, 0.15) is 0 Å². The van der Waals surface area contributed by atoms with E-state index in [1.807, 2.05) is 0 Å². The van der Waals surface area contributed by atoms with Gasteiger partial charge in [-0.3, -0.25) is 4.90 Å². The first kappa shape index (κ1) is 11.4. The van der Waals surface area contributed by atoms with Gasteiger partial charge in [0.25, 0.3) is 0 Å². The lowest BCUT2D eigenvalue weighted by Crippen LogP contribution is -2.59. The molecule has 1 saturated carbocycles. The van der Waals surface area contributed by atoms with Gasteiger partial charge >= 0.3 is 0 Å². The molecule has 0 atom stereocenters. The highest BCUT2D eigenvalue weighted by molar-refractivity contribution is 5.00. The minimum absolute atomic E-state index is 0.433. The van der Waals surface area contributed by atoms with Gasteiger partial charge < -0.3 is 0 Å². The zero-order chi connectivity index (χ0) is 10.9. The fourth-order valence-corrected chi connectivity index (χ4v) is 3.80. The third-order valence-electron chi connectivity index (χ3n) is 5.08. The molecule has 0 aromatic heterocycles. The SMILES string of the molecule is CN1C(C)(C)CCCC12CCCCCC2. The Kier molecular flexibility index (Phi) is 3.12. The summed E-state index contributed by atoms with van der Waals surface area (Å²) in [5.41, 5.74) is 1.00. The van der Waals surface area contributed by atoms with E-state index in [2.05, 4.69) is 25.8 Å². The summed E-state index contributed by atoms with van der Waals surface area (Å²) in [6.45, 7) is 4.86. The van der Waals surface area contributed by atoms with Gasteiger partial charge in [0.15, 0.2) is 0 Å². The molecular formula is C14H27N. The molecule has 1 nitrogen and oxygen atoms in total. The van der Waals surface area contributed by atoms with Crippen molar-refractivity contribution in [2.24, 2.45) is 0 Å². The Morgan fingerprint density at radius 1 is 0.733 bits per heavy atom. The van der Waals surface area contributed by atoms with E-state index < -0.39 is 0 Å². The molecule has 0 N–H and O–H groups in total. The maximum absolute atomic E-state index is 2.73. The number of hydrogen-bond acceptors (Lipinski definition) is 1. The quantitative estimate of drug-likeness (QED) is 0.583. The standard InChI is InChI=1S/C14H27N/c1-13(2)9-8-12-14(15(13)3)10-6-4-5-7-11-14/h4-12H2,1-3H3. The number of rotatable bonds is 0. The van der Waals surface area contributed by atoms with Crippen LogP contribution in [0.15, 0.2) is 0 Å². The first-order valence-electron chi connectivity index (χ1n) is 6.81. The van der Waals surface area contributed by atoms with Crippen LogP contribution >= 0.6 is 0 Å². The predicted octanol–water partition coefficient (Wildman–Crippen LogP) is 3.97. The van der Waals surface area contributed by atoms with E-state index in [-0.39, 0.29) is 0 Å². The maximum Gasteiger partial charge on any atom is 0.0211 e. The van der Waals surface area contributed by atoms with Gasteiger partial charge in [0.2, 0.25) is 0 Å². The zero-order valence-electron chi connectivity index (χ0n) is 10.8. The van der Waals surface area contributed by atoms with Crippen molar-refractivity contribution in [3.05, 3.63) is 0 Å². The predicted molar refractivity (Wildman–Crippen MR) is 66.1 cm³/mol. The fraction of sp³-hybridized carbons (Fsp3) is 1.00. The van der Waals surface area contributed by atoms with Crippen LogP contribution in [0.5, 0.6) is 0 Å². The van der Waals surface area contributed by atoms with Crippen molar-refractivity contribution >= 4 is 0 Å². The van der Waals surface area contributed by atoms with Crippen LogP contribution in [0.4, 0.5) is 0 Å². The van der Waals surface area contributed by atoms with Crippen molar-refractivity contribution < 1.29 is 0 Å². The topological polar surface area (TPSA) is 3.24 Å². The Hall–Kier alpha value is -0.0400. The lowest BCUT2D eigenvalue weighted by atomic mass is 9.74. The van der Waals surface area contributed by atoms with Crippen molar-refractivity contribution in [2.75, 3.05) is 7.05 Å². The molecule has 15 heavy (non-hydrogen) atoms. The number of piperidine rings is 1. The van der Waals surface area contributed by atoms with Gasteiger partial charge in [-0.05, 0) is 53.0 Å². The van der Waals surface area contributed by atoms with Crippen LogP contribution in [0.25, 0.3) is 0 Å². The Labute approximate surface area is 95.2 Å². The summed E-state index contributed by atoms with van der Waals surface area (Å²) in [5.74, 6) is 0. The summed E-state index contributed by atoms with van der Waals surface area (Å²) >= 11 is 0. The molecule has 88 valence electrons. The first-order valence-corrected chi connectivity index (χ1v) is 6.81. The second-order valence-corrected chi connectivity index (χ2v) is 6.36. The van der Waals surface area contributed by atoms with Gasteiger partial charge in [-0.15, -0.1) is 0 Å². The summed E-state index contributed by atoms with van der Waals surface area (Å²) in [6, 6.07) is 0. The molecule has 0 unspecified atom stereocenters. The number of hydrogen-bond donors (Lipinski definition) is 0. The summed E-state index contributed by atoms with van der Waals surface area (Å²) in [6.07, 6.45) is 13.0. The summed E-state index contributed by atoms with van der Waals surface area (Å²) in [5, 5.41) is 0. The van der Waals surface area contributed by atoms with Crippen molar-refractivity contribution in [1.29, 1.82) is 0 Å². The largest absolute Gasteiger partial charge is 0.296 e. The van der Waals surface area contributed by atoms with Gasteiger partial charge in [0, 0.05) is 11.1 Å². The average molecular weight is 209 g/mol. The van der Waals surface area contributed by atoms with Crippen LogP contribution in [0, 0.1) is 0 Å². The highest BCUT2D eigenvalue weighted by Crippen LogP contribution is 2.44. The first-order chi connectivity index (χ1) is 7.07. The lowest BCUT2D eigenvalue weighted by molar-refractivity contribution is -0.0339. The third kappa shape index (κ3) is 2.08. The molecule has 1 saturated heterocycles. The summed E-state index contributed by atoms with van der Waals surface area (Å²) in [4.78, 5) is 2.73. The number of nitrogens with zero attached hydrogens (tertiary/aromatic N) is 1. The van der Waals surface area contributed by atoms with E-state index in [1.54, 1.807) is 0 Å². The van der Waals surface area contributed by atoms with Crippen LogP contribution in [0.2, 0.25) is 0 Å². The van der Waals surface area contributed by atoms with E-state index in [1.165, 1.54) is 57.8 Å². The van der Waals surface area contributed by atoms with Crippen molar-refractivity contribution in [3.63, 3.8) is 0 Å². The smallest absolute Gasteiger partial charge is 0.0211 e. The number of likely N-dealkylation sites (tertiary alicyclic amines) is 1. The van der Waals surface area contributed by atoms with Crippen LogP contribution in [0.3, 0.4) is 0 Å². The summed E-state index contributed by atoms with van der Waals surface area (Å²) in [7, 11) is 2.38. The van der Waals surface area contributed by atoms with Crippen LogP contribution in [-0.4, -0.2) is 23.0 Å². The minimum atomic E-state index is 0.433. The Balaban J connectivity index is 2.17. The second kappa shape index (κ2) is 4.08. The second-order valence-electron chi connectivity index (χ2n) is 6.36. The third-order valence-corrected chi connectivity index (χ3v) is 5.08. The maximum atomic E-state index is 2.73. The average Bonchev–Trinajstić information content (AvgIpc) is 2.41. The molecule has 0 aromatic carbocycles. The minimum Gasteiger partial charge on any atom is -0.296 e. The van der Waals surface area contributed by atoms with Gasteiger partial charge in [-0.1, -0.05) is 25.7 Å². The van der Waals surface area contributed by atoms with E-state index >= 15 is 0 Å². The molecule has 2 aliphatic rings. The van der Waals surface area contributed by atoms with Crippen molar-refractivity contribution in [2.45, 2.75) is 82.7 Å². The van der Waals surface area contributed by atoms with Gasteiger partial charge in [-0.25, -0.2) is 0 Å². The van der Waals surface area contributed by atoms with E-state index in [4.69, 9.17) is 0 Å². The molecule has 1 aliphatic heterocycles. The van der Waals surface area contributed by atoms with Gasteiger partial charge in [-0.2, -0.15) is 0 Å². The van der Waals surface area contributed by atoms with Crippen LogP contribution in [0.1, 0.15) is 71.6 Å². The molecule has 0 bridgehead atoms. The zero-order valence-corrected chi connectivity index (χ0v) is 10.8. The highest BCUT2D eigenvalue weighted by Gasteiger charge is 2.44. The van der Waals surface area contributed by atoms with Crippen LogP contribution in [-0.2, 0) is 0 Å². The molecule has 2 fully saturated rings. The van der Waals surface area contributed by atoms with Crippen molar-refractivity contribution in [1.82, 2.24) is 4.90 Å². The highest BCUT2D eigenvalue weighted by atomic mass is 15.2. The van der Waals surface area contributed by atoms with E-state index in [0.29, 0.717) is 11.1 Å². The molecule has 0 radical (unpaired) electrons. The van der Waals surface area contributed by atoms with Gasteiger partial charge in [0.05, 0.1) is 0 Å². The Morgan fingerprint density at radius 3 is 1.87 bits per heavy atom.